The highest BCUT2D eigenvalue weighted by molar-refractivity contribution is 5.90. The van der Waals surface area contributed by atoms with Crippen LogP contribution >= 0.6 is 0 Å². The molecule has 0 aliphatic rings. The summed E-state index contributed by atoms with van der Waals surface area (Å²) >= 11 is 0. The van der Waals surface area contributed by atoms with Crippen LogP contribution in [0.4, 0.5) is 0 Å². The number of hydrogen-bond acceptors (Lipinski definition) is 4. The van der Waals surface area contributed by atoms with E-state index >= 15 is 0 Å². The largest absolute Gasteiger partial charge is 0.496 e. The molecule has 0 atom stereocenters. The van der Waals surface area contributed by atoms with Gasteiger partial charge in [0, 0.05) is 6.08 Å². The normalized spacial score (nSPS) is 11.3. The molecule has 0 saturated heterocycles. The fraction of sp³-hybridized carbons (Fsp3) is 0.235. The number of hydrogen-bond donors (Lipinski definition) is 0. The third kappa shape index (κ3) is 3.34. The second kappa shape index (κ2) is 6.31. The van der Waals surface area contributed by atoms with Gasteiger partial charge < -0.3 is 13.9 Å². The first-order valence-corrected chi connectivity index (χ1v) is 6.56. The fourth-order valence-corrected chi connectivity index (χ4v) is 2.02. The first-order chi connectivity index (χ1) is 10.0. The number of benzene rings is 1. The van der Waals surface area contributed by atoms with Gasteiger partial charge in [0.05, 0.1) is 19.8 Å². The van der Waals surface area contributed by atoms with Crippen molar-refractivity contribution in [3.8, 4) is 17.1 Å². The highest BCUT2D eigenvalue weighted by atomic mass is 16.5. The molecule has 1 aromatic heterocycles. The molecule has 0 unspecified atom stereocenters. The van der Waals surface area contributed by atoms with E-state index in [9.17, 15) is 4.79 Å². The predicted molar refractivity (Wildman–Crippen MR) is 81.1 cm³/mol. The third-order valence-electron chi connectivity index (χ3n) is 3.15. The number of ether oxygens (including phenoxy) is 2. The van der Waals surface area contributed by atoms with E-state index < -0.39 is 5.97 Å². The second-order valence-electron chi connectivity index (χ2n) is 4.72. The molecule has 0 radical (unpaired) electrons. The number of methoxy groups -OCH3 is 2. The number of rotatable bonds is 4. The highest BCUT2D eigenvalue weighted by Crippen LogP contribution is 2.33. The zero-order valence-electron chi connectivity index (χ0n) is 12.6. The molecule has 1 aromatic carbocycles. The van der Waals surface area contributed by atoms with E-state index in [-0.39, 0.29) is 0 Å². The van der Waals surface area contributed by atoms with Crippen molar-refractivity contribution in [3.63, 3.8) is 0 Å². The second-order valence-corrected chi connectivity index (χ2v) is 4.72. The summed E-state index contributed by atoms with van der Waals surface area (Å²) in [4.78, 5) is 11.3. The van der Waals surface area contributed by atoms with E-state index in [4.69, 9.17) is 9.15 Å². The maximum Gasteiger partial charge on any atom is 0.330 e. The smallest absolute Gasteiger partial charge is 0.330 e. The zero-order valence-corrected chi connectivity index (χ0v) is 12.6. The molecule has 1 heterocycles. The lowest BCUT2D eigenvalue weighted by Gasteiger charge is -2.07. The Kier molecular flexibility index (Phi) is 4.48. The van der Waals surface area contributed by atoms with Gasteiger partial charge in [0.25, 0.3) is 0 Å². The van der Waals surface area contributed by atoms with Gasteiger partial charge >= 0.3 is 5.97 Å². The third-order valence-corrected chi connectivity index (χ3v) is 3.15. The van der Waals surface area contributed by atoms with E-state index in [1.54, 1.807) is 14.0 Å². The van der Waals surface area contributed by atoms with Crippen molar-refractivity contribution < 1.29 is 18.7 Å². The minimum absolute atomic E-state index is 0.404. The molecular weight excluding hydrogens is 268 g/mol. The van der Waals surface area contributed by atoms with Gasteiger partial charge in [0.2, 0.25) is 0 Å². The molecule has 2 aromatic rings. The molecule has 4 nitrogen and oxygen atoms in total. The summed E-state index contributed by atoms with van der Waals surface area (Å²) in [5, 5.41) is 0. The maximum atomic E-state index is 11.3. The van der Waals surface area contributed by atoms with Gasteiger partial charge in [-0.1, -0.05) is 11.6 Å². The Labute approximate surface area is 124 Å². The molecule has 0 bridgehead atoms. The monoisotopic (exact) mass is 286 g/mol. The molecule has 0 amide bonds. The lowest BCUT2D eigenvalue weighted by atomic mass is 10.1. The standard InChI is InChI=1S/C17H18O4/c1-11-5-6-15(19-3)13(9-11)16-8-7-14(21-16)12(2)10-17(18)20-4/h5-10H,1-4H3/b12-10+. The molecule has 21 heavy (non-hydrogen) atoms. The molecule has 2 rings (SSSR count). The number of aryl methyl sites for hydroxylation is 1. The Bertz CT molecular complexity index is 680. The summed E-state index contributed by atoms with van der Waals surface area (Å²) in [6, 6.07) is 9.58. The Balaban J connectivity index is 2.38. The minimum Gasteiger partial charge on any atom is -0.496 e. The summed E-state index contributed by atoms with van der Waals surface area (Å²) in [6.07, 6.45) is 1.40. The quantitative estimate of drug-likeness (QED) is 0.633. The van der Waals surface area contributed by atoms with E-state index in [1.807, 2.05) is 37.3 Å². The first kappa shape index (κ1) is 14.9. The van der Waals surface area contributed by atoms with Gasteiger partial charge in [-0.05, 0) is 43.7 Å². The van der Waals surface area contributed by atoms with Gasteiger partial charge in [-0.15, -0.1) is 0 Å². The number of furan rings is 1. The van der Waals surface area contributed by atoms with E-state index in [0.29, 0.717) is 17.1 Å². The molecule has 0 fully saturated rings. The van der Waals surface area contributed by atoms with Crippen LogP contribution in [0, 0.1) is 6.92 Å². The van der Waals surface area contributed by atoms with Crippen LogP contribution in [0.2, 0.25) is 0 Å². The molecule has 0 N–H and O–H groups in total. The van der Waals surface area contributed by atoms with Crippen molar-refractivity contribution in [1.82, 2.24) is 0 Å². The molecule has 4 heteroatoms. The predicted octanol–water partition coefficient (Wildman–Crippen LogP) is 3.84. The average Bonchev–Trinajstić information content (AvgIpc) is 2.96. The number of carbonyl (C=O) groups is 1. The van der Waals surface area contributed by atoms with Gasteiger partial charge in [0.15, 0.2) is 0 Å². The van der Waals surface area contributed by atoms with Crippen molar-refractivity contribution in [2.24, 2.45) is 0 Å². The minimum atomic E-state index is -0.404. The van der Waals surface area contributed by atoms with Gasteiger partial charge in [-0.3, -0.25) is 0 Å². The zero-order chi connectivity index (χ0) is 15.4. The van der Waals surface area contributed by atoms with Crippen LogP contribution in [0.5, 0.6) is 5.75 Å². The number of allylic oxidation sites excluding steroid dienone is 1. The van der Waals surface area contributed by atoms with Crippen molar-refractivity contribution in [1.29, 1.82) is 0 Å². The van der Waals surface area contributed by atoms with Crippen LogP contribution in [-0.4, -0.2) is 20.2 Å². The SMILES string of the molecule is COC(=O)/C=C(\C)c1ccc(-c2cc(C)ccc2OC)o1. The number of carbonyl (C=O) groups excluding carboxylic acids is 1. The average molecular weight is 286 g/mol. The van der Waals surface area contributed by atoms with Crippen LogP contribution in [-0.2, 0) is 9.53 Å². The highest BCUT2D eigenvalue weighted by Gasteiger charge is 2.12. The summed E-state index contributed by atoms with van der Waals surface area (Å²) in [5.74, 6) is 1.66. The Morgan fingerprint density at radius 2 is 1.95 bits per heavy atom. The van der Waals surface area contributed by atoms with E-state index in [0.717, 1.165) is 16.9 Å². The van der Waals surface area contributed by atoms with Crippen molar-refractivity contribution in [3.05, 3.63) is 47.7 Å². The van der Waals surface area contributed by atoms with Crippen molar-refractivity contribution >= 4 is 11.5 Å². The summed E-state index contributed by atoms with van der Waals surface area (Å²) in [6.45, 7) is 3.81. The molecular formula is C17H18O4. The van der Waals surface area contributed by atoms with Crippen molar-refractivity contribution in [2.45, 2.75) is 13.8 Å². The van der Waals surface area contributed by atoms with E-state index in [1.165, 1.54) is 13.2 Å². The lowest BCUT2D eigenvalue weighted by Crippen LogP contribution is -1.95. The fourth-order valence-electron chi connectivity index (χ4n) is 2.02. The molecule has 0 spiro atoms. The number of esters is 1. The van der Waals surface area contributed by atoms with Crippen LogP contribution in [0.25, 0.3) is 16.9 Å². The molecule has 0 saturated carbocycles. The topological polar surface area (TPSA) is 48.7 Å². The molecule has 0 aliphatic heterocycles. The van der Waals surface area contributed by atoms with Crippen LogP contribution in [0.3, 0.4) is 0 Å². The maximum absolute atomic E-state index is 11.3. The van der Waals surface area contributed by atoms with Gasteiger partial charge in [0.1, 0.15) is 17.3 Å². The van der Waals surface area contributed by atoms with Crippen LogP contribution in [0.15, 0.2) is 40.8 Å². The Hall–Kier alpha value is -2.49. The summed E-state index contributed by atoms with van der Waals surface area (Å²) < 4.78 is 15.8. The van der Waals surface area contributed by atoms with E-state index in [2.05, 4.69) is 4.74 Å². The Morgan fingerprint density at radius 3 is 2.62 bits per heavy atom. The van der Waals surface area contributed by atoms with Crippen LogP contribution < -0.4 is 4.74 Å². The first-order valence-electron chi connectivity index (χ1n) is 6.56. The van der Waals surface area contributed by atoms with Gasteiger partial charge in [-0.25, -0.2) is 4.79 Å². The van der Waals surface area contributed by atoms with Crippen molar-refractivity contribution in [2.75, 3.05) is 14.2 Å². The Morgan fingerprint density at radius 1 is 1.19 bits per heavy atom. The summed E-state index contributed by atoms with van der Waals surface area (Å²) in [5.41, 5.74) is 2.71. The summed E-state index contributed by atoms with van der Waals surface area (Å²) in [7, 11) is 2.97. The molecule has 0 aliphatic carbocycles. The molecule has 110 valence electrons. The van der Waals surface area contributed by atoms with Crippen LogP contribution in [0.1, 0.15) is 18.2 Å². The lowest BCUT2D eigenvalue weighted by molar-refractivity contribution is -0.134. The van der Waals surface area contributed by atoms with Gasteiger partial charge in [-0.2, -0.15) is 0 Å².